The fourth-order valence-corrected chi connectivity index (χ4v) is 1.92. The second-order valence-corrected chi connectivity index (χ2v) is 4.05. The Hall–Kier alpha value is -2.91. The number of hydrogen-bond acceptors (Lipinski definition) is 5. The molecule has 0 aliphatic carbocycles. The highest BCUT2D eigenvalue weighted by molar-refractivity contribution is 5.99. The minimum absolute atomic E-state index is 0.0702. The molecule has 2 heterocycles. The minimum Gasteiger partial charge on any atom is -0.478 e. The molecule has 0 unspecified atom stereocenters. The SMILES string of the molecule is CC.O=C(O)c1cc2ccc(OC(F)(F)F)cc2n2nnnc12. The van der Waals surface area contributed by atoms with Crippen LogP contribution in [0.25, 0.3) is 16.6 Å². The normalized spacial score (nSPS) is 11.2. The molecule has 0 saturated carbocycles. The van der Waals surface area contributed by atoms with E-state index in [4.69, 9.17) is 5.11 Å². The van der Waals surface area contributed by atoms with Gasteiger partial charge in [0.25, 0.3) is 0 Å². The first-order valence-corrected chi connectivity index (χ1v) is 6.49. The van der Waals surface area contributed by atoms with Crippen LogP contribution in [0.1, 0.15) is 24.2 Å². The maximum Gasteiger partial charge on any atom is 0.573 e. The average Bonchev–Trinajstić information content (AvgIpc) is 2.96. The van der Waals surface area contributed by atoms with Crippen molar-refractivity contribution < 1.29 is 27.8 Å². The molecule has 0 bridgehead atoms. The summed E-state index contributed by atoms with van der Waals surface area (Å²) in [6, 6.07) is 4.74. The highest BCUT2D eigenvalue weighted by Crippen LogP contribution is 2.27. The predicted octanol–water partition coefficient (Wildman–Crippen LogP) is 2.90. The van der Waals surface area contributed by atoms with Crippen molar-refractivity contribution in [2.45, 2.75) is 20.2 Å². The van der Waals surface area contributed by atoms with Crippen molar-refractivity contribution in [3.05, 3.63) is 29.8 Å². The van der Waals surface area contributed by atoms with Crippen molar-refractivity contribution in [3.63, 3.8) is 0 Å². The Morgan fingerprint density at radius 2 is 1.96 bits per heavy atom. The Kier molecular flexibility index (Phi) is 4.34. The molecule has 7 nitrogen and oxygen atoms in total. The van der Waals surface area contributed by atoms with E-state index in [1.165, 1.54) is 12.1 Å². The van der Waals surface area contributed by atoms with Gasteiger partial charge in [0.2, 0.25) is 0 Å². The lowest BCUT2D eigenvalue weighted by atomic mass is 10.1. The van der Waals surface area contributed by atoms with Crippen LogP contribution in [0.15, 0.2) is 24.3 Å². The fourth-order valence-electron chi connectivity index (χ4n) is 1.92. The molecule has 1 N–H and O–H groups in total. The van der Waals surface area contributed by atoms with E-state index in [0.717, 1.165) is 16.6 Å². The molecular weight excluding hydrogens is 317 g/mol. The van der Waals surface area contributed by atoms with Gasteiger partial charge in [-0.05, 0) is 28.6 Å². The first kappa shape index (κ1) is 16.5. The Morgan fingerprint density at radius 3 is 2.57 bits per heavy atom. The summed E-state index contributed by atoms with van der Waals surface area (Å²) < 4.78 is 41.5. The number of carboxylic acid groups (broad SMARTS) is 1. The lowest BCUT2D eigenvalue weighted by Gasteiger charge is -2.10. The first-order valence-electron chi connectivity index (χ1n) is 6.49. The van der Waals surface area contributed by atoms with Crippen molar-refractivity contribution in [1.29, 1.82) is 0 Å². The van der Waals surface area contributed by atoms with E-state index in [0.29, 0.717) is 5.39 Å². The van der Waals surface area contributed by atoms with Gasteiger partial charge in [0.05, 0.1) is 5.52 Å². The van der Waals surface area contributed by atoms with E-state index in [1.807, 2.05) is 13.8 Å². The summed E-state index contributed by atoms with van der Waals surface area (Å²) in [5, 5.41) is 19.9. The average molecular weight is 328 g/mol. The van der Waals surface area contributed by atoms with Crippen LogP contribution >= 0.6 is 0 Å². The number of aromatic carboxylic acids is 1. The molecule has 0 radical (unpaired) electrons. The van der Waals surface area contributed by atoms with Gasteiger partial charge in [-0.25, -0.2) is 4.79 Å². The summed E-state index contributed by atoms with van der Waals surface area (Å²) in [6.45, 7) is 4.00. The van der Waals surface area contributed by atoms with E-state index >= 15 is 0 Å². The molecule has 23 heavy (non-hydrogen) atoms. The second kappa shape index (κ2) is 6.07. The third-order valence-corrected chi connectivity index (χ3v) is 2.70. The quantitative estimate of drug-likeness (QED) is 0.778. The van der Waals surface area contributed by atoms with Crippen LogP contribution in [0.5, 0.6) is 5.75 Å². The van der Waals surface area contributed by atoms with Crippen LogP contribution in [-0.4, -0.2) is 37.5 Å². The van der Waals surface area contributed by atoms with Crippen molar-refractivity contribution in [3.8, 4) is 5.75 Å². The summed E-state index contributed by atoms with van der Waals surface area (Å²) in [7, 11) is 0. The molecule has 10 heteroatoms. The summed E-state index contributed by atoms with van der Waals surface area (Å²) in [5.74, 6) is -1.69. The number of aromatic nitrogens is 4. The Balaban J connectivity index is 0.000000924. The summed E-state index contributed by atoms with van der Waals surface area (Å²) >= 11 is 0. The molecule has 0 saturated heterocycles. The lowest BCUT2D eigenvalue weighted by molar-refractivity contribution is -0.274. The number of hydrogen-bond donors (Lipinski definition) is 1. The topological polar surface area (TPSA) is 89.6 Å². The van der Waals surface area contributed by atoms with Gasteiger partial charge in [-0.1, -0.05) is 13.8 Å². The maximum absolute atomic E-state index is 12.2. The van der Waals surface area contributed by atoms with Crippen molar-refractivity contribution in [2.75, 3.05) is 0 Å². The van der Waals surface area contributed by atoms with Crippen LogP contribution < -0.4 is 4.74 Å². The number of fused-ring (bicyclic) bond motifs is 3. The van der Waals surface area contributed by atoms with Crippen LogP contribution in [-0.2, 0) is 0 Å². The predicted molar refractivity (Wildman–Crippen MR) is 73.3 cm³/mol. The molecule has 0 aliphatic rings. The van der Waals surface area contributed by atoms with Gasteiger partial charge < -0.3 is 9.84 Å². The number of benzene rings is 1. The van der Waals surface area contributed by atoms with E-state index in [9.17, 15) is 18.0 Å². The molecule has 3 rings (SSSR count). The van der Waals surface area contributed by atoms with Crippen LogP contribution in [0.3, 0.4) is 0 Å². The molecular formula is C13H11F3N4O3. The second-order valence-electron chi connectivity index (χ2n) is 4.05. The molecule has 2 aromatic heterocycles. The van der Waals surface area contributed by atoms with Crippen LogP contribution in [0, 0.1) is 0 Å². The number of alkyl halides is 3. The standard InChI is InChI=1S/C11H5F3N4O3.C2H6/c12-11(13,14)21-6-2-1-5-3-7(10(19)20)9-15-16-17-18(9)8(5)4-6;1-2/h1-4H,(H,19,20);1-2H3. The highest BCUT2D eigenvalue weighted by atomic mass is 19.4. The number of halogens is 3. The molecule has 0 atom stereocenters. The van der Waals surface area contributed by atoms with Gasteiger partial charge >= 0.3 is 12.3 Å². The van der Waals surface area contributed by atoms with E-state index in [1.54, 1.807) is 0 Å². The molecule has 0 fully saturated rings. The zero-order valence-corrected chi connectivity index (χ0v) is 12.0. The van der Waals surface area contributed by atoms with E-state index in [2.05, 4.69) is 20.3 Å². The third kappa shape index (κ3) is 3.30. The zero-order chi connectivity index (χ0) is 17.2. The lowest BCUT2D eigenvalue weighted by Crippen LogP contribution is -2.17. The van der Waals surface area contributed by atoms with Crippen molar-refractivity contribution in [2.24, 2.45) is 0 Å². The van der Waals surface area contributed by atoms with Crippen LogP contribution in [0.4, 0.5) is 13.2 Å². The van der Waals surface area contributed by atoms with E-state index in [-0.39, 0.29) is 16.7 Å². The summed E-state index contributed by atoms with van der Waals surface area (Å²) in [4.78, 5) is 11.1. The monoisotopic (exact) mass is 328 g/mol. The third-order valence-electron chi connectivity index (χ3n) is 2.70. The smallest absolute Gasteiger partial charge is 0.478 e. The Morgan fingerprint density at radius 1 is 1.26 bits per heavy atom. The largest absolute Gasteiger partial charge is 0.573 e. The van der Waals surface area contributed by atoms with Gasteiger partial charge in [0, 0.05) is 11.5 Å². The number of nitrogens with zero attached hydrogens (tertiary/aromatic N) is 4. The number of rotatable bonds is 2. The highest BCUT2D eigenvalue weighted by Gasteiger charge is 2.31. The number of carboxylic acids is 1. The molecule has 3 aromatic rings. The van der Waals surface area contributed by atoms with Gasteiger partial charge in [-0.3, -0.25) is 0 Å². The fraction of sp³-hybridized carbons (Fsp3) is 0.231. The maximum atomic E-state index is 12.2. The van der Waals surface area contributed by atoms with Crippen molar-refractivity contribution >= 4 is 22.5 Å². The Bertz CT molecular complexity index is 861. The van der Waals surface area contributed by atoms with Gasteiger partial charge in [0.15, 0.2) is 5.65 Å². The number of pyridine rings is 1. The minimum atomic E-state index is -4.82. The van der Waals surface area contributed by atoms with E-state index < -0.39 is 18.1 Å². The summed E-state index contributed by atoms with van der Waals surface area (Å²) in [5.41, 5.74) is -0.0297. The molecule has 0 aliphatic heterocycles. The number of ether oxygens (including phenoxy) is 1. The Labute approximate surface area is 127 Å². The first-order chi connectivity index (χ1) is 10.8. The molecule has 0 spiro atoms. The number of tetrazole rings is 1. The zero-order valence-electron chi connectivity index (χ0n) is 12.0. The number of carbonyl (C=O) groups is 1. The molecule has 122 valence electrons. The summed E-state index contributed by atoms with van der Waals surface area (Å²) in [6.07, 6.45) is -4.82. The molecule has 0 amide bonds. The van der Waals surface area contributed by atoms with Gasteiger partial charge in [-0.15, -0.1) is 18.3 Å². The van der Waals surface area contributed by atoms with Crippen molar-refractivity contribution in [1.82, 2.24) is 20.0 Å². The van der Waals surface area contributed by atoms with Gasteiger partial charge in [0.1, 0.15) is 11.3 Å². The molecule has 1 aromatic carbocycles. The van der Waals surface area contributed by atoms with Crippen LogP contribution in [0.2, 0.25) is 0 Å². The van der Waals surface area contributed by atoms with Gasteiger partial charge in [-0.2, -0.15) is 4.52 Å².